The van der Waals surface area contributed by atoms with E-state index in [9.17, 15) is 4.79 Å². The summed E-state index contributed by atoms with van der Waals surface area (Å²) in [6, 6.07) is 0. The van der Waals surface area contributed by atoms with Gasteiger partial charge in [0.25, 0.3) is 0 Å². The maximum absolute atomic E-state index is 10.00. The molecule has 2 rings (SSSR count). The Morgan fingerprint density at radius 1 is 1.43 bits per heavy atom. The largest absolute Gasteiger partial charge is 0.399 e. The van der Waals surface area contributed by atoms with Crippen LogP contribution >= 0.6 is 0 Å². The first kappa shape index (κ1) is 10.5. The smallest absolute Gasteiger partial charge is 0.146 e. The second-order valence-electron chi connectivity index (χ2n) is 3.39. The molecule has 0 aromatic carbocycles. The predicted molar refractivity (Wildman–Crippen MR) is 58.5 cm³/mol. The van der Waals surface area contributed by atoms with Crippen molar-refractivity contribution in [2.45, 2.75) is 19.8 Å². The molecule has 0 fully saturated rings. The van der Waals surface area contributed by atoms with Crippen LogP contribution < -0.4 is 5.73 Å². The maximum Gasteiger partial charge on any atom is 0.146 e. The topological polar surface area (TPSA) is 43.1 Å². The van der Waals surface area contributed by atoms with Crippen LogP contribution in [-0.2, 0) is 4.79 Å². The van der Waals surface area contributed by atoms with Crippen LogP contribution in [0.2, 0.25) is 0 Å². The Labute approximate surface area is 84.5 Å². The van der Waals surface area contributed by atoms with Gasteiger partial charge in [-0.25, -0.2) is 0 Å². The highest BCUT2D eigenvalue weighted by molar-refractivity contribution is 5.76. The lowest BCUT2D eigenvalue weighted by molar-refractivity contribution is -0.104. The molecule has 2 heteroatoms. The van der Waals surface area contributed by atoms with Crippen LogP contribution in [0.4, 0.5) is 0 Å². The van der Waals surface area contributed by atoms with Gasteiger partial charge in [0.1, 0.15) is 6.29 Å². The van der Waals surface area contributed by atoms with Crippen molar-refractivity contribution in [3.63, 3.8) is 0 Å². The van der Waals surface area contributed by atoms with E-state index in [1.807, 2.05) is 6.08 Å². The monoisotopic (exact) mass is 189 g/mol. The van der Waals surface area contributed by atoms with Crippen LogP contribution in [0.25, 0.3) is 0 Å². The molecule has 2 aliphatic carbocycles. The maximum atomic E-state index is 10.00. The van der Waals surface area contributed by atoms with E-state index in [-0.39, 0.29) is 0 Å². The van der Waals surface area contributed by atoms with Gasteiger partial charge in [0.2, 0.25) is 0 Å². The van der Waals surface area contributed by atoms with E-state index in [4.69, 9.17) is 5.73 Å². The number of rotatable bonds is 1. The molecule has 0 bridgehead atoms. The molecule has 74 valence electrons. The molecule has 0 atom stereocenters. The third kappa shape index (κ3) is 3.44. The van der Waals surface area contributed by atoms with Gasteiger partial charge in [-0.2, -0.15) is 0 Å². The molecule has 0 amide bonds. The van der Waals surface area contributed by atoms with Gasteiger partial charge in [-0.1, -0.05) is 29.9 Å². The standard InChI is InChI=1S/C6H7NO.C6H8/c7-6-2-1-5(3-6)4-8;1-6-4-2-3-5-6/h2-4H,1,7H2;2-4H,5H2,1H3. The lowest BCUT2D eigenvalue weighted by Gasteiger charge is -1.79. The van der Waals surface area contributed by atoms with Gasteiger partial charge in [0.15, 0.2) is 0 Å². The quantitative estimate of drug-likeness (QED) is 0.643. The van der Waals surface area contributed by atoms with Crippen molar-refractivity contribution in [3.8, 4) is 0 Å². The first-order valence-corrected chi connectivity index (χ1v) is 4.66. The van der Waals surface area contributed by atoms with E-state index >= 15 is 0 Å². The second-order valence-corrected chi connectivity index (χ2v) is 3.39. The van der Waals surface area contributed by atoms with Gasteiger partial charge in [-0.05, 0) is 31.4 Å². The fraction of sp³-hybridized carbons (Fsp3) is 0.250. The molecule has 0 aliphatic heterocycles. The Hall–Kier alpha value is -1.57. The van der Waals surface area contributed by atoms with Crippen molar-refractivity contribution in [2.24, 2.45) is 5.73 Å². The summed E-state index contributed by atoms with van der Waals surface area (Å²) < 4.78 is 0. The lowest BCUT2D eigenvalue weighted by atomic mass is 10.3. The molecule has 2 aliphatic rings. The number of carbonyl (C=O) groups excluding carboxylic acids is 1. The summed E-state index contributed by atoms with van der Waals surface area (Å²) in [7, 11) is 0. The third-order valence-corrected chi connectivity index (χ3v) is 2.03. The number of aldehydes is 1. The number of allylic oxidation sites excluding steroid dienone is 7. The summed E-state index contributed by atoms with van der Waals surface area (Å²) in [6.07, 6.45) is 12.6. The predicted octanol–water partition coefficient (Wildman–Crippen LogP) is 2.25. The first-order valence-electron chi connectivity index (χ1n) is 4.66. The zero-order valence-electron chi connectivity index (χ0n) is 8.36. The Bertz CT molecular complexity index is 332. The van der Waals surface area contributed by atoms with Gasteiger partial charge in [0, 0.05) is 5.70 Å². The Morgan fingerprint density at radius 3 is 2.43 bits per heavy atom. The molecule has 0 aromatic heterocycles. The van der Waals surface area contributed by atoms with Crippen molar-refractivity contribution in [3.05, 3.63) is 47.2 Å². The molecule has 0 radical (unpaired) electrons. The molecule has 0 unspecified atom stereocenters. The normalized spacial score (nSPS) is 17.9. The van der Waals surface area contributed by atoms with Crippen LogP contribution in [0.1, 0.15) is 19.8 Å². The molecule has 2 nitrogen and oxygen atoms in total. The van der Waals surface area contributed by atoms with Crippen molar-refractivity contribution in [2.75, 3.05) is 0 Å². The van der Waals surface area contributed by atoms with Crippen molar-refractivity contribution in [1.82, 2.24) is 0 Å². The minimum Gasteiger partial charge on any atom is -0.399 e. The van der Waals surface area contributed by atoms with Gasteiger partial charge in [-0.3, -0.25) is 4.79 Å². The van der Waals surface area contributed by atoms with Crippen LogP contribution in [0.3, 0.4) is 0 Å². The lowest BCUT2D eigenvalue weighted by Crippen LogP contribution is -1.87. The highest BCUT2D eigenvalue weighted by Crippen LogP contribution is 2.10. The summed E-state index contributed by atoms with van der Waals surface area (Å²) in [6.45, 7) is 2.14. The number of nitrogens with two attached hydrogens (primary N) is 1. The third-order valence-electron chi connectivity index (χ3n) is 2.03. The van der Waals surface area contributed by atoms with E-state index in [1.54, 1.807) is 6.08 Å². The van der Waals surface area contributed by atoms with Crippen LogP contribution in [-0.4, -0.2) is 6.29 Å². The molecular formula is C12H15NO. The van der Waals surface area contributed by atoms with Gasteiger partial charge < -0.3 is 5.73 Å². The highest BCUT2D eigenvalue weighted by atomic mass is 16.1. The molecule has 0 aromatic rings. The summed E-state index contributed by atoms with van der Waals surface area (Å²) in [5, 5.41) is 0. The summed E-state index contributed by atoms with van der Waals surface area (Å²) in [5.41, 5.74) is 8.26. The van der Waals surface area contributed by atoms with E-state index < -0.39 is 0 Å². The number of hydrogen-bond donors (Lipinski definition) is 1. The van der Waals surface area contributed by atoms with Gasteiger partial charge in [-0.15, -0.1) is 0 Å². The van der Waals surface area contributed by atoms with Crippen molar-refractivity contribution in [1.29, 1.82) is 0 Å². The minimum absolute atomic E-state index is 0.701. The van der Waals surface area contributed by atoms with E-state index in [0.29, 0.717) is 12.1 Å². The van der Waals surface area contributed by atoms with E-state index in [0.717, 1.165) is 11.9 Å². The Balaban J connectivity index is 0.000000146. The number of carbonyl (C=O) groups is 1. The molecule has 14 heavy (non-hydrogen) atoms. The van der Waals surface area contributed by atoms with Crippen LogP contribution in [0.5, 0.6) is 0 Å². The average Bonchev–Trinajstić information content (AvgIpc) is 2.77. The van der Waals surface area contributed by atoms with E-state index in [2.05, 4.69) is 25.2 Å². The zero-order chi connectivity index (χ0) is 10.4. The average molecular weight is 189 g/mol. The highest BCUT2D eigenvalue weighted by Gasteiger charge is 1.99. The van der Waals surface area contributed by atoms with E-state index in [1.165, 1.54) is 12.0 Å². The minimum atomic E-state index is 0.701. The molecule has 0 spiro atoms. The SMILES string of the molecule is CC1=CC=CC1.NC1=CCC(C=O)=C1. The Kier molecular flexibility index (Phi) is 3.92. The second kappa shape index (κ2) is 5.22. The Morgan fingerprint density at radius 2 is 2.21 bits per heavy atom. The molecule has 0 saturated carbocycles. The molecule has 0 heterocycles. The van der Waals surface area contributed by atoms with Gasteiger partial charge >= 0.3 is 0 Å². The van der Waals surface area contributed by atoms with Crippen molar-refractivity contribution >= 4 is 6.29 Å². The zero-order valence-corrected chi connectivity index (χ0v) is 8.36. The fourth-order valence-electron chi connectivity index (χ4n) is 1.20. The van der Waals surface area contributed by atoms with Crippen LogP contribution in [0, 0.1) is 0 Å². The number of hydrogen-bond acceptors (Lipinski definition) is 2. The fourth-order valence-corrected chi connectivity index (χ4v) is 1.20. The van der Waals surface area contributed by atoms with Crippen LogP contribution in [0.15, 0.2) is 47.2 Å². The molecule has 0 saturated heterocycles. The molecule has 2 N–H and O–H groups in total. The summed E-state index contributed by atoms with van der Waals surface area (Å²) in [5.74, 6) is 0. The van der Waals surface area contributed by atoms with Crippen molar-refractivity contribution < 1.29 is 4.79 Å². The first-order chi connectivity index (χ1) is 6.72. The summed E-state index contributed by atoms with van der Waals surface area (Å²) in [4.78, 5) is 10.00. The molecular weight excluding hydrogens is 174 g/mol. The summed E-state index contributed by atoms with van der Waals surface area (Å²) >= 11 is 0. The van der Waals surface area contributed by atoms with Gasteiger partial charge in [0.05, 0.1) is 0 Å².